The van der Waals surface area contributed by atoms with Crippen LogP contribution in [0, 0.1) is 6.92 Å². The third-order valence-electron chi connectivity index (χ3n) is 2.54. The zero-order valence-electron chi connectivity index (χ0n) is 10.1. The van der Waals surface area contributed by atoms with E-state index in [1.807, 2.05) is 30.5 Å². The van der Waals surface area contributed by atoms with Crippen molar-refractivity contribution in [2.24, 2.45) is 0 Å². The van der Waals surface area contributed by atoms with Crippen molar-refractivity contribution in [2.45, 2.75) is 13.3 Å². The second-order valence-electron chi connectivity index (χ2n) is 3.84. The summed E-state index contributed by atoms with van der Waals surface area (Å²) in [6, 6.07) is 5.81. The van der Waals surface area contributed by atoms with Crippen LogP contribution >= 0.6 is 22.9 Å². The fraction of sp³-hybridized carbons (Fsp3) is 0.231. The van der Waals surface area contributed by atoms with Gasteiger partial charge in [-0.3, -0.25) is 4.79 Å². The minimum Gasteiger partial charge on any atom is -0.469 e. The van der Waals surface area contributed by atoms with Gasteiger partial charge in [-0.25, -0.2) is 4.98 Å². The maximum Gasteiger partial charge on any atom is 0.312 e. The minimum absolute atomic E-state index is 0.209. The van der Waals surface area contributed by atoms with Gasteiger partial charge in [0.2, 0.25) is 0 Å². The Morgan fingerprint density at radius 3 is 2.94 bits per heavy atom. The van der Waals surface area contributed by atoms with E-state index in [4.69, 9.17) is 11.6 Å². The predicted octanol–water partition coefficient (Wildman–Crippen LogP) is 3.49. The van der Waals surface area contributed by atoms with Crippen LogP contribution in [0.15, 0.2) is 23.6 Å². The molecular weight excluding hydrogens is 270 g/mol. The lowest BCUT2D eigenvalue weighted by atomic mass is 10.1. The number of nitrogens with zero attached hydrogens (tertiary/aromatic N) is 1. The summed E-state index contributed by atoms with van der Waals surface area (Å²) in [5.74, 6) is -0.280. The first-order chi connectivity index (χ1) is 8.60. The number of hydrogen-bond donors (Lipinski definition) is 0. The fourth-order valence-corrected chi connectivity index (χ4v) is 2.44. The van der Waals surface area contributed by atoms with Gasteiger partial charge in [0, 0.05) is 16.0 Å². The van der Waals surface area contributed by atoms with Crippen molar-refractivity contribution in [3.63, 3.8) is 0 Å². The van der Waals surface area contributed by atoms with Crippen molar-refractivity contribution < 1.29 is 9.53 Å². The van der Waals surface area contributed by atoms with E-state index in [0.717, 1.165) is 26.9 Å². The maximum absolute atomic E-state index is 11.1. The molecule has 1 aromatic carbocycles. The van der Waals surface area contributed by atoms with Crippen LogP contribution in [-0.2, 0) is 16.0 Å². The van der Waals surface area contributed by atoms with Crippen molar-refractivity contribution >= 4 is 28.9 Å². The number of aryl methyl sites for hydroxylation is 1. The van der Waals surface area contributed by atoms with E-state index in [1.165, 1.54) is 18.4 Å². The standard InChI is InChI=1S/C13H12ClNO2S/c1-8-3-4-9(5-10(8)14)11-7-18-12(15-11)6-13(16)17-2/h3-5,7H,6H2,1-2H3. The van der Waals surface area contributed by atoms with Gasteiger partial charge in [0.15, 0.2) is 0 Å². The van der Waals surface area contributed by atoms with Crippen molar-refractivity contribution in [2.75, 3.05) is 7.11 Å². The van der Waals surface area contributed by atoms with Gasteiger partial charge in [-0.1, -0.05) is 23.7 Å². The molecule has 2 rings (SSSR count). The number of esters is 1. The molecule has 0 spiro atoms. The van der Waals surface area contributed by atoms with E-state index in [1.54, 1.807) is 0 Å². The first kappa shape index (κ1) is 13.1. The first-order valence-corrected chi connectivity index (χ1v) is 6.63. The van der Waals surface area contributed by atoms with E-state index in [9.17, 15) is 4.79 Å². The molecule has 0 fully saturated rings. The molecule has 0 aliphatic carbocycles. The van der Waals surface area contributed by atoms with Crippen LogP contribution in [0.4, 0.5) is 0 Å². The molecule has 0 bridgehead atoms. The van der Waals surface area contributed by atoms with E-state index in [2.05, 4.69) is 9.72 Å². The van der Waals surface area contributed by atoms with E-state index in [0.29, 0.717) is 0 Å². The van der Waals surface area contributed by atoms with Gasteiger partial charge in [0.05, 0.1) is 19.2 Å². The molecule has 0 unspecified atom stereocenters. The van der Waals surface area contributed by atoms with E-state index >= 15 is 0 Å². The van der Waals surface area contributed by atoms with Crippen LogP contribution in [0.2, 0.25) is 5.02 Å². The smallest absolute Gasteiger partial charge is 0.312 e. The Balaban J connectivity index is 2.23. The van der Waals surface area contributed by atoms with Gasteiger partial charge in [-0.2, -0.15) is 0 Å². The molecule has 2 aromatic rings. The Morgan fingerprint density at radius 1 is 1.50 bits per heavy atom. The molecule has 5 heteroatoms. The molecule has 0 N–H and O–H groups in total. The van der Waals surface area contributed by atoms with Crippen molar-refractivity contribution in [3.05, 3.63) is 39.2 Å². The number of ether oxygens (including phenoxy) is 1. The molecule has 0 saturated carbocycles. The van der Waals surface area contributed by atoms with Crippen molar-refractivity contribution in [1.82, 2.24) is 4.98 Å². The maximum atomic E-state index is 11.1. The van der Waals surface area contributed by atoms with Gasteiger partial charge >= 0.3 is 5.97 Å². The Kier molecular flexibility index (Phi) is 3.99. The van der Waals surface area contributed by atoms with Crippen LogP contribution in [0.5, 0.6) is 0 Å². The summed E-state index contributed by atoms with van der Waals surface area (Å²) in [6.07, 6.45) is 0.209. The normalized spacial score (nSPS) is 10.4. The minimum atomic E-state index is -0.280. The van der Waals surface area contributed by atoms with Crippen LogP contribution in [0.25, 0.3) is 11.3 Å². The Labute approximate surface area is 114 Å². The summed E-state index contributed by atoms with van der Waals surface area (Å²) >= 11 is 7.52. The van der Waals surface area contributed by atoms with Crippen LogP contribution < -0.4 is 0 Å². The monoisotopic (exact) mass is 281 g/mol. The Morgan fingerprint density at radius 2 is 2.28 bits per heavy atom. The molecule has 0 atom stereocenters. The molecule has 0 radical (unpaired) electrons. The number of hydrogen-bond acceptors (Lipinski definition) is 4. The van der Waals surface area contributed by atoms with E-state index < -0.39 is 0 Å². The van der Waals surface area contributed by atoms with Crippen molar-refractivity contribution in [3.8, 4) is 11.3 Å². The SMILES string of the molecule is COC(=O)Cc1nc(-c2ccc(C)c(Cl)c2)cs1. The second-order valence-corrected chi connectivity index (χ2v) is 5.19. The number of halogens is 1. The van der Waals surface area contributed by atoms with Crippen LogP contribution in [-0.4, -0.2) is 18.1 Å². The molecule has 0 amide bonds. The lowest BCUT2D eigenvalue weighted by Gasteiger charge is -2.00. The summed E-state index contributed by atoms with van der Waals surface area (Å²) in [5, 5.41) is 3.38. The number of benzene rings is 1. The quantitative estimate of drug-likeness (QED) is 0.809. The zero-order valence-corrected chi connectivity index (χ0v) is 11.6. The van der Waals surface area contributed by atoms with Gasteiger partial charge < -0.3 is 4.74 Å². The average Bonchev–Trinajstić information content (AvgIpc) is 2.81. The number of carbonyl (C=O) groups is 1. The topological polar surface area (TPSA) is 39.2 Å². The fourth-order valence-electron chi connectivity index (χ4n) is 1.47. The molecule has 94 valence electrons. The summed E-state index contributed by atoms with van der Waals surface area (Å²) in [5.41, 5.74) is 2.82. The number of methoxy groups -OCH3 is 1. The lowest BCUT2D eigenvalue weighted by Crippen LogP contribution is -2.03. The van der Waals surface area contributed by atoms with Gasteiger partial charge in [0.1, 0.15) is 5.01 Å². The third-order valence-corrected chi connectivity index (χ3v) is 3.80. The first-order valence-electron chi connectivity index (χ1n) is 5.38. The molecule has 0 saturated heterocycles. The Hall–Kier alpha value is -1.39. The summed E-state index contributed by atoms with van der Waals surface area (Å²) in [7, 11) is 1.37. The average molecular weight is 282 g/mol. The molecule has 0 aliphatic heterocycles. The highest BCUT2D eigenvalue weighted by molar-refractivity contribution is 7.10. The highest BCUT2D eigenvalue weighted by atomic mass is 35.5. The lowest BCUT2D eigenvalue weighted by molar-refractivity contribution is -0.139. The number of thiazole rings is 1. The largest absolute Gasteiger partial charge is 0.469 e. The summed E-state index contributed by atoms with van der Waals surface area (Å²) < 4.78 is 4.61. The van der Waals surface area contributed by atoms with E-state index in [-0.39, 0.29) is 12.4 Å². The van der Waals surface area contributed by atoms with Crippen molar-refractivity contribution in [1.29, 1.82) is 0 Å². The summed E-state index contributed by atoms with van der Waals surface area (Å²) in [6.45, 7) is 1.95. The number of carbonyl (C=O) groups excluding carboxylic acids is 1. The molecule has 0 aliphatic rings. The number of rotatable bonds is 3. The van der Waals surface area contributed by atoms with Crippen LogP contribution in [0.3, 0.4) is 0 Å². The molecule has 1 heterocycles. The summed E-state index contributed by atoms with van der Waals surface area (Å²) in [4.78, 5) is 15.5. The second kappa shape index (κ2) is 5.50. The van der Waals surface area contributed by atoms with Gasteiger partial charge in [0.25, 0.3) is 0 Å². The number of aromatic nitrogens is 1. The third kappa shape index (κ3) is 2.89. The predicted molar refractivity (Wildman–Crippen MR) is 73.0 cm³/mol. The zero-order chi connectivity index (χ0) is 13.1. The van der Waals surface area contributed by atoms with Crippen LogP contribution in [0.1, 0.15) is 10.6 Å². The van der Waals surface area contributed by atoms with Gasteiger partial charge in [-0.15, -0.1) is 11.3 Å². The molecule has 18 heavy (non-hydrogen) atoms. The highest BCUT2D eigenvalue weighted by Crippen LogP contribution is 2.26. The highest BCUT2D eigenvalue weighted by Gasteiger charge is 2.09. The Bertz CT molecular complexity index is 580. The molecule has 1 aromatic heterocycles. The molecule has 3 nitrogen and oxygen atoms in total. The van der Waals surface area contributed by atoms with Gasteiger partial charge in [-0.05, 0) is 18.6 Å². The molecular formula is C13H12ClNO2S.